The zero-order valence-electron chi connectivity index (χ0n) is 33.0. The summed E-state index contributed by atoms with van der Waals surface area (Å²) in [4.78, 5) is 57.8. The maximum Gasteiger partial charge on any atom is 0.417 e. The van der Waals surface area contributed by atoms with Crippen molar-refractivity contribution >= 4 is 85.5 Å². The standard InChI is InChI=1S/C43H39F3N8O6S/c1-42(2)40(58)53(30-6-3-26(23-47)33(22-30)43(44,45)46)41(61)54(42)29-9-7-28(8-10-29)52-17-15-51(16-18-52)19-20-59-24-36(56)48-27-5-11-31-25(21-27)4-13-34-37(31)38(50-60-34)32-12-14-35(55)49-39(32)57/h3-11,13,21-22,32H,12,14-20,24H2,1-2H3,(H,48,56)(H,49,55,57). The van der Waals surface area contributed by atoms with Gasteiger partial charge in [-0.1, -0.05) is 17.3 Å². The van der Waals surface area contributed by atoms with E-state index in [1.54, 1.807) is 36.9 Å². The van der Waals surface area contributed by atoms with Crippen LogP contribution in [-0.4, -0.2) is 90.3 Å². The Kier molecular flexibility index (Phi) is 11.0. The normalized spacial score (nSPS) is 18.6. The van der Waals surface area contributed by atoms with Crippen LogP contribution < -0.4 is 25.3 Å². The molecule has 2 N–H and O–H groups in total. The summed E-state index contributed by atoms with van der Waals surface area (Å²) < 4.78 is 52.4. The number of anilines is 4. The molecule has 14 nitrogen and oxygen atoms in total. The van der Waals surface area contributed by atoms with E-state index >= 15 is 0 Å². The predicted molar refractivity (Wildman–Crippen MR) is 224 cm³/mol. The molecule has 3 saturated heterocycles. The number of hydrogen-bond donors (Lipinski definition) is 2. The number of carbonyl (C=O) groups is 4. The fourth-order valence-electron chi connectivity index (χ4n) is 8.12. The van der Waals surface area contributed by atoms with Crippen molar-refractivity contribution in [2.45, 2.75) is 44.3 Å². The summed E-state index contributed by atoms with van der Waals surface area (Å²) in [5, 5.41) is 21.0. The smallest absolute Gasteiger partial charge is 0.370 e. The highest BCUT2D eigenvalue weighted by Gasteiger charge is 2.51. The second-order valence-corrected chi connectivity index (χ2v) is 15.9. The molecule has 314 valence electrons. The van der Waals surface area contributed by atoms with Gasteiger partial charge in [-0.3, -0.25) is 34.3 Å². The van der Waals surface area contributed by atoms with E-state index in [1.165, 1.54) is 6.07 Å². The topological polar surface area (TPSA) is 164 Å². The number of thiocarbonyl (C=S) groups is 1. The van der Waals surface area contributed by atoms with Crippen molar-refractivity contribution < 1.29 is 41.6 Å². The highest BCUT2D eigenvalue weighted by Crippen LogP contribution is 2.40. The van der Waals surface area contributed by atoms with Gasteiger partial charge in [-0.15, -0.1) is 0 Å². The van der Waals surface area contributed by atoms with Crippen LogP contribution in [0, 0.1) is 11.3 Å². The number of rotatable bonds is 10. The second kappa shape index (κ2) is 16.2. The minimum absolute atomic E-state index is 0.0282. The maximum absolute atomic E-state index is 13.7. The molecule has 1 aromatic heterocycles. The SMILES string of the molecule is CC1(C)C(=O)N(c2ccc(C#N)c(C(F)(F)F)c2)C(=S)N1c1ccc(N2CCN(CCOCC(=O)Nc3ccc4c(ccc5onc(C6CCC(=O)NC6=O)c54)c3)CC2)cc1. The molecule has 8 rings (SSSR count). The first-order chi connectivity index (χ1) is 29.1. The number of carbonyl (C=O) groups excluding carboxylic acids is 4. The van der Waals surface area contributed by atoms with Gasteiger partial charge in [0.1, 0.15) is 17.8 Å². The summed E-state index contributed by atoms with van der Waals surface area (Å²) in [5.41, 5.74) is 0.195. The minimum Gasteiger partial charge on any atom is -0.370 e. The number of piperazine rings is 1. The van der Waals surface area contributed by atoms with Gasteiger partial charge in [-0.25, -0.2) is 0 Å². The van der Waals surface area contributed by atoms with Gasteiger partial charge in [0, 0.05) is 56.2 Å². The molecule has 3 aliphatic heterocycles. The molecule has 3 fully saturated rings. The van der Waals surface area contributed by atoms with Gasteiger partial charge in [-0.05, 0) is 104 Å². The lowest BCUT2D eigenvalue weighted by atomic mass is 9.91. The summed E-state index contributed by atoms with van der Waals surface area (Å²) >= 11 is 5.68. The van der Waals surface area contributed by atoms with E-state index in [9.17, 15) is 37.6 Å². The van der Waals surface area contributed by atoms with Crippen LogP contribution in [-0.2, 0) is 30.1 Å². The number of amides is 4. The van der Waals surface area contributed by atoms with Gasteiger partial charge in [0.25, 0.3) is 5.91 Å². The lowest BCUT2D eigenvalue weighted by Crippen LogP contribution is -2.47. The summed E-state index contributed by atoms with van der Waals surface area (Å²) in [7, 11) is 0. The van der Waals surface area contributed by atoms with Gasteiger partial charge in [0.2, 0.25) is 17.7 Å². The second-order valence-electron chi connectivity index (χ2n) is 15.5. The first kappa shape index (κ1) is 41.3. The number of alkyl halides is 3. The lowest BCUT2D eigenvalue weighted by molar-refractivity contribution is -0.138. The molecule has 0 radical (unpaired) electrons. The third-order valence-electron chi connectivity index (χ3n) is 11.3. The Morgan fingerprint density at radius 2 is 1.72 bits per heavy atom. The van der Waals surface area contributed by atoms with Gasteiger partial charge < -0.3 is 24.4 Å². The summed E-state index contributed by atoms with van der Waals surface area (Å²) in [5.74, 6) is -2.11. The Morgan fingerprint density at radius 3 is 2.43 bits per heavy atom. The number of imide groups is 1. The Morgan fingerprint density at radius 1 is 1.00 bits per heavy atom. The molecule has 0 saturated carbocycles. The average Bonchev–Trinajstić information content (AvgIpc) is 3.74. The van der Waals surface area contributed by atoms with Gasteiger partial charge in [0.05, 0.1) is 40.8 Å². The molecule has 0 bridgehead atoms. The lowest BCUT2D eigenvalue weighted by Gasteiger charge is -2.36. The van der Waals surface area contributed by atoms with E-state index in [0.29, 0.717) is 47.6 Å². The molecule has 0 spiro atoms. The van der Waals surface area contributed by atoms with E-state index in [4.69, 9.17) is 21.5 Å². The van der Waals surface area contributed by atoms with Crippen molar-refractivity contribution in [3.8, 4) is 6.07 Å². The molecule has 5 aromatic rings. The Labute approximate surface area is 352 Å². The fourth-order valence-corrected chi connectivity index (χ4v) is 8.64. The molecular weight excluding hydrogens is 814 g/mol. The highest BCUT2D eigenvalue weighted by molar-refractivity contribution is 7.81. The molecule has 4 aromatic carbocycles. The van der Waals surface area contributed by atoms with E-state index < -0.39 is 40.6 Å². The molecule has 4 heterocycles. The van der Waals surface area contributed by atoms with E-state index in [1.807, 2.05) is 42.5 Å². The van der Waals surface area contributed by atoms with Crippen molar-refractivity contribution in [2.75, 3.05) is 66.0 Å². The third-order valence-corrected chi connectivity index (χ3v) is 11.7. The summed E-state index contributed by atoms with van der Waals surface area (Å²) in [6.45, 7) is 7.17. The predicted octanol–water partition coefficient (Wildman–Crippen LogP) is 6.09. The van der Waals surface area contributed by atoms with E-state index in [-0.39, 0.29) is 35.6 Å². The van der Waals surface area contributed by atoms with Crippen LogP contribution in [0.3, 0.4) is 0 Å². The number of nitrogens with zero attached hydrogens (tertiary/aromatic N) is 6. The van der Waals surface area contributed by atoms with Crippen molar-refractivity contribution in [1.29, 1.82) is 5.26 Å². The molecule has 1 atom stereocenters. The van der Waals surface area contributed by atoms with Crippen molar-refractivity contribution in [3.05, 3.63) is 89.6 Å². The molecular formula is C43H39F3N8O6S. The van der Waals surface area contributed by atoms with Crippen LogP contribution in [0.1, 0.15) is 49.4 Å². The van der Waals surface area contributed by atoms with Crippen molar-refractivity contribution in [1.82, 2.24) is 15.4 Å². The van der Waals surface area contributed by atoms with Crippen LogP contribution in [0.5, 0.6) is 0 Å². The summed E-state index contributed by atoms with van der Waals surface area (Å²) in [6.07, 6.45) is -4.22. The molecule has 18 heteroatoms. The van der Waals surface area contributed by atoms with Crippen molar-refractivity contribution in [2.24, 2.45) is 0 Å². The fraction of sp³-hybridized carbons (Fsp3) is 0.326. The molecule has 0 aliphatic carbocycles. The Balaban J connectivity index is 0.813. The maximum atomic E-state index is 13.7. The molecule has 4 amide bonds. The van der Waals surface area contributed by atoms with Crippen molar-refractivity contribution in [3.63, 3.8) is 0 Å². The van der Waals surface area contributed by atoms with Gasteiger partial charge in [-0.2, -0.15) is 18.4 Å². The molecule has 3 aliphatic rings. The molecule has 61 heavy (non-hydrogen) atoms. The number of piperidine rings is 1. The quantitative estimate of drug-likeness (QED) is 0.0947. The minimum atomic E-state index is -4.79. The van der Waals surface area contributed by atoms with Crippen LogP contribution in [0.2, 0.25) is 0 Å². The number of nitriles is 1. The van der Waals surface area contributed by atoms with E-state index in [0.717, 1.165) is 59.7 Å². The number of nitrogens with one attached hydrogen (secondary N) is 2. The first-order valence-electron chi connectivity index (χ1n) is 19.5. The largest absolute Gasteiger partial charge is 0.417 e. The number of halogens is 3. The average molecular weight is 853 g/mol. The number of ether oxygens (including phenoxy) is 1. The van der Waals surface area contributed by atoms with Gasteiger partial charge >= 0.3 is 6.18 Å². The number of benzene rings is 4. The zero-order chi connectivity index (χ0) is 43.2. The van der Waals surface area contributed by atoms with Crippen LogP contribution in [0.25, 0.3) is 21.7 Å². The third kappa shape index (κ3) is 7.99. The zero-order valence-corrected chi connectivity index (χ0v) is 33.9. The summed E-state index contributed by atoms with van der Waals surface area (Å²) in [6, 6.07) is 21.2. The van der Waals surface area contributed by atoms with Crippen LogP contribution >= 0.6 is 12.2 Å². The Bertz CT molecular complexity index is 2630. The highest BCUT2D eigenvalue weighted by atomic mass is 32.1. The van der Waals surface area contributed by atoms with Crippen LogP contribution in [0.4, 0.5) is 35.9 Å². The Hall–Kier alpha value is -6.42. The number of aromatic nitrogens is 1. The number of hydrogen-bond acceptors (Lipinski definition) is 11. The first-order valence-corrected chi connectivity index (χ1v) is 20.0. The number of fused-ring (bicyclic) bond motifs is 3. The molecule has 1 unspecified atom stereocenters. The monoisotopic (exact) mass is 852 g/mol. The van der Waals surface area contributed by atoms with Crippen LogP contribution in [0.15, 0.2) is 77.3 Å². The van der Waals surface area contributed by atoms with E-state index in [2.05, 4.69) is 25.6 Å². The van der Waals surface area contributed by atoms with Gasteiger partial charge in [0.15, 0.2) is 10.7 Å².